The van der Waals surface area contributed by atoms with Gasteiger partial charge in [0.25, 0.3) is 0 Å². The summed E-state index contributed by atoms with van der Waals surface area (Å²) in [6.45, 7) is 8.65. The summed E-state index contributed by atoms with van der Waals surface area (Å²) in [6.07, 6.45) is 7.91. The van der Waals surface area contributed by atoms with Crippen LogP contribution in [-0.4, -0.2) is 55.2 Å². The molecule has 1 saturated carbocycles. The van der Waals surface area contributed by atoms with Gasteiger partial charge in [0.1, 0.15) is 17.1 Å². The van der Waals surface area contributed by atoms with Gasteiger partial charge in [0.05, 0.1) is 6.54 Å². The fourth-order valence-electron chi connectivity index (χ4n) is 3.62. The molecule has 1 aliphatic carbocycles. The zero-order valence-electron chi connectivity index (χ0n) is 17.6. The highest BCUT2D eigenvalue weighted by Crippen LogP contribution is 2.23. The molecule has 6 heteroatoms. The second-order valence-electron chi connectivity index (χ2n) is 7.93. The van der Waals surface area contributed by atoms with Gasteiger partial charge in [0, 0.05) is 19.1 Å². The quantitative estimate of drug-likeness (QED) is 0.350. The molecule has 0 aliphatic heterocycles. The normalized spacial score (nSPS) is 18.5. The Bertz CT molecular complexity index is 576. The smallest absolute Gasteiger partial charge is 0.191 e. The molecule has 27 heavy (non-hydrogen) atoms. The van der Waals surface area contributed by atoms with E-state index in [4.69, 9.17) is 4.42 Å². The number of aliphatic imine (C=N–C) groups is 1. The highest BCUT2D eigenvalue weighted by molar-refractivity contribution is 5.79. The van der Waals surface area contributed by atoms with Crippen LogP contribution in [0.4, 0.5) is 0 Å². The molecule has 6 nitrogen and oxygen atoms in total. The average Bonchev–Trinajstić information content (AvgIpc) is 3.11. The van der Waals surface area contributed by atoms with Crippen molar-refractivity contribution in [2.24, 2.45) is 4.99 Å². The van der Waals surface area contributed by atoms with Crippen LogP contribution in [0.15, 0.2) is 21.5 Å². The van der Waals surface area contributed by atoms with E-state index >= 15 is 0 Å². The Labute approximate surface area is 164 Å². The van der Waals surface area contributed by atoms with Crippen molar-refractivity contribution in [3.8, 4) is 0 Å². The number of aryl methyl sites for hydroxylation is 1. The molecule has 0 saturated heterocycles. The SMILES string of the molecule is CCNC(=NCC(C)(O)c1ccc(C)o1)NCCCN(C)C1CCCCC1. The van der Waals surface area contributed by atoms with Crippen LogP contribution in [0.2, 0.25) is 0 Å². The van der Waals surface area contributed by atoms with Gasteiger partial charge in [0.15, 0.2) is 5.96 Å². The first-order chi connectivity index (χ1) is 12.9. The fourth-order valence-corrected chi connectivity index (χ4v) is 3.62. The molecule has 1 atom stereocenters. The number of rotatable bonds is 9. The lowest BCUT2D eigenvalue weighted by atomic mass is 9.94. The molecule has 0 spiro atoms. The topological polar surface area (TPSA) is 73.0 Å². The number of hydrogen-bond donors (Lipinski definition) is 3. The Balaban J connectivity index is 1.77. The molecule has 1 fully saturated rings. The molecule has 1 unspecified atom stereocenters. The molecule has 1 aromatic rings. The van der Waals surface area contributed by atoms with E-state index in [0.29, 0.717) is 5.76 Å². The number of aliphatic hydroxyl groups is 1. The summed E-state index contributed by atoms with van der Waals surface area (Å²) in [5, 5.41) is 17.3. The van der Waals surface area contributed by atoms with Crippen LogP contribution in [0.5, 0.6) is 0 Å². The van der Waals surface area contributed by atoms with E-state index in [1.54, 1.807) is 6.92 Å². The van der Waals surface area contributed by atoms with Gasteiger partial charge in [-0.2, -0.15) is 0 Å². The average molecular weight is 379 g/mol. The summed E-state index contributed by atoms with van der Waals surface area (Å²) >= 11 is 0. The third-order valence-electron chi connectivity index (χ3n) is 5.34. The zero-order chi connectivity index (χ0) is 19.7. The summed E-state index contributed by atoms with van der Waals surface area (Å²) < 4.78 is 5.56. The lowest BCUT2D eigenvalue weighted by Crippen LogP contribution is -2.40. The molecule has 0 aromatic carbocycles. The van der Waals surface area contributed by atoms with Crippen LogP contribution in [0.1, 0.15) is 63.9 Å². The van der Waals surface area contributed by atoms with Gasteiger partial charge in [-0.3, -0.25) is 0 Å². The van der Waals surface area contributed by atoms with Gasteiger partial charge in [-0.05, 0) is 65.8 Å². The summed E-state index contributed by atoms with van der Waals surface area (Å²) in [5.41, 5.74) is -1.11. The first kappa shape index (κ1) is 21.8. The van der Waals surface area contributed by atoms with Crippen molar-refractivity contribution in [3.05, 3.63) is 23.7 Å². The van der Waals surface area contributed by atoms with Crippen LogP contribution < -0.4 is 10.6 Å². The highest BCUT2D eigenvalue weighted by Gasteiger charge is 2.26. The van der Waals surface area contributed by atoms with E-state index < -0.39 is 5.60 Å². The third-order valence-corrected chi connectivity index (χ3v) is 5.34. The molecule has 2 rings (SSSR count). The van der Waals surface area contributed by atoms with Crippen LogP contribution in [-0.2, 0) is 5.60 Å². The fraction of sp³-hybridized carbons (Fsp3) is 0.762. The maximum atomic E-state index is 10.6. The molecule has 1 aliphatic rings. The minimum Gasteiger partial charge on any atom is -0.463 e. The Morgan fingerprint density at radius 2 is 2.04 bits per heavy atom. The summed E-state index contributed by atoms with van der Waals surface area (Å²) in [4.78, 5) is 7.06. The van der Waals surface area contributed by atoms with Crippen LogP contribution >= 0.6 is 0 Å². The van der Waals surface area contributed by atoms with Crippen molar-refractivity contribution < 1.29 is 9.52 Å². The van der Waals surface area contributed by atoms with E-state index in [0.717, 1.165) is 43.8 Å². The van der Waals surface area contributed by atoms with Crippen molar-refractivity contribution in [1.82, 2.24) is 15.5 Å². The monoisotopic (exact) mass is 378 g/mol. The maximum Gasteiger partial charge on any atom is 0.191 e. The third kappa shape index (κ3) is 7.18. The van der Waals surface area contributed by atoms with Crippen molar-refractivity contribution in [2.45, 2.75) is 70.9 Å². The van der Waals surface area contributed by atoms with E-state index in [9.17, 15) is 5.11 Å². The second kappa shape index (κ2) is 10.7. The number of hydrogen-bond acceptors (Lipinski definition) is 4. The second-order valence-corrected chi connectivity index (χ2v) is 7.93. The lowest BCUT2D eigenvalue weighted by Gasteiger charge is -2.31. The lowest BCUT2D eigenvalue weighted by molar-refractivity contribution is 0.0428. The van der Waals surface area contributed by atoms with E-state index in [1.807, 2.05) is 26.0 Å². The number of furan rings is 1. The molecular formula is C21H38N4O2. The largest absolute Gasteiger partial charge is 0.463 e. The van der Waals surface area contributed by atoms with Crippen molar-refractivity contribution in [2.75, 3.05) is 33.2 Å². The van der Waals surface area contributed by atoms with Gasteiger partial charge in [-0.1, -0.05) is 19.3 Å². The van der Waals surface area contributed by atoms with E-state index in [-0.39, 0.29) is 6.54 Å². The standard InChI is InChI=1S/C21H38N4O2/c1-5-22-20(24-16-21(3,26)19-13-12-17(2)27-19)23-14-9-15-25(4)18-10-7-6-8-11-18/h12-13,18,26H,5-11,14-16H2,1-4H3,(H2,22,23,24). The summed E-state index contributed by atoms with van der Waals surface area (Å²) in [7, 11) is 2.25. The predicted octanol–water partition coefficient (Wildman–Crippen LogP) is 3.01. The molecule has 3 N–H and O–H groups in total. The number of nitrogens with zero attached hydrogens (tertiary/aromatic N) is 2. The summed E-state index contributed by atoms with van der Waals surface area (Å²) in [5.74, 6) is 2.08. The minimum absolute atomic E-state index is 0.247. The van der Waals surface area contributed by atoms with Crippen LogP contribution in [0.25, 0.3) is 0 Å². The van der Waals surface area contributed by atoms with Crippen LogP contribution in [0, 0.1) is 6.92 Å². The van der Waals surface area contributed by atoms with Gasteiger partial charge < -0.3 is 25.1 Å². The minimum atomic E-state index is -1.11. The van der Waals surface area contributed by atoms with Gasteiger partial charge in [-0.25, -0.2) is 4.99 Å². The van der Waals surface area contributed by atoms with Crippen molar-refractivity contribution >= 4 is 5.96 Å². The van der Waals surface area contributed by atoms with E-state index in [1.165, 1.54) is 32.1 Å². The van der Waals surface area contributed by atoms with E-state index in [2.05, 4.69) is 27.6 Å². The highest BCUT2D eigenvalue weighted by atomic mass is 16.4. The molecule has 0 amide bonds. The van der Waals surface area contributed by atoms with Crippen molar-refractivity contribution in [3.63, 3.8) is 0 Å². The Morgan fingerprint density at radius 3 is 2.67 bits per heavy atom. The molecular weight excluding hydrogens is 340 g/mol. The maximum absolute atomic E-state index is 10.6. The van der Waals surface area contributed by atoms with Crippen LogP contribution in [0.3, 0.4) is 0 Å². The summed E-state index contributed by atoms with van der Waals surface area (Å²) in [6, 6.07) is 4.43. The number of nitrogens with one attached hydrogen (secondary N) is 2. The Hall–Kier alpha value is -1.53. The van der Waals surface area contributed by atoms with Gasteiger partial charge >= 0.3 is 0 Å². The zero-order valence-corrected chi connectivity index (χ0v) is 17.6. The van der Waals surface area contributed by atoms with Gasteiger partial charge in [0.2, 0.25) is 0 Å². The Morgan fingerprint density at radius 1 is 1.30 bits per heavy atom. The number of guanidine groups is 1. The molecule has 1 aromatic heterocycles. The first-order valence-corrected chi connectivity index (χ1v) is 10.4. The molecule has 0 bridgehead atoms. The molecule has 154 valence electrons. The molecule has 0 radical (unpaired) electrons. The Kier molecular flexibility index (Phi) is 8.64. The predicted molar refractivity (Wildman–Crippen MR) is 111 cm³/mol. The van der Waals surface area contributed by atoms with Gasteiger partial charge in [-0.15, -0.1) is 0 Å². The molecule has 1 heterocycles. The first-order valence-electron chi connectivity index (χ1n) is 10.4. The van der Waals surface area contributed by atoms with Crippen molar-refractivity contribution in [1.29, 1.82) is 0 Å².